The Balaban J connectivity index is 1.38. The van der Waals surface area contributed by atoms with E-state index in [1.165, 1.54) is 35.4 Å². The summed E-state index contributed by atoms with van der Waals surface area (Å²) in [5, 5.41) is 2.81. The van der Waals surface area contributed by atoms with Gasteiger partial charge in [0.05, 0.1) is 5.69 Å². The first-order chi connectivity index (χ1) is 18.9. The number of carbonyl (C=O) groups is 3. The topological polar surface area (TPSA) is 89.1 Å². The van der Waals surface area contributed by atoms with Gasteiger partial charge in [-0.25, -0.2) is 14.7 Å². The third-order valence-corrected chi connectivity index (χ3v) is 7.89. The Morgan fingerprint density at radius 1 is 1.05 bits per heavy atom. The molecule has 0 unspecified atom stereocenters. The highest BCUT2D eigenvalue weighted by Crippen LogP contribution is 2.39. The Hall–Kier alpha value is -3.16. The Bertz CT molecular complexity index is 1230. The molecule has 1 aromatic heterocycles. The van der Waals surface area contributed by atoms with Gasteiger partial charge in [-0.15, -0.1) is 0 Å². The fraction of sp³-hybridized carbons (Fsp3) is 0.481. The third-order valence-electron chi connectivity index (χ3n) is 7.15. The van der Waals surface area contributed by atoms with Crippen molar-refractivity contribution in [2.75, 3.05) is 49.5 Å². The van der Waals surface area contributed by atoms with Crippen LogP contribution in [0, 0.1) is 0 Å². The van der Waals surface area contributed by atoms with Crippen LogP contribution >= 0.6 is 11.8 Å². The third kappa shape index (κ3) is 7.12. The lowest BCUT2D eigenvalue weighted by Crippen LogP contribution is -2.46. The SMILES string of the molecule is CCN1CCN(CCC(=O)Nc2cc(CN3C(=O)N(c4ccc(SC(F)(F)F)cc4)C(=O)C3(C)C)ccn2)CC1. The molecule has 13 heteroatoms. The number of rotatable bonds is 9. The molecule has 0 saturated carbocycles. The van der Waals surface area contributed by atoms with Crippen molar-refractivity contribution in [3.8, 4) is 0 Å². The Labute approximate surface area is 235 Å². The van der Waals surface area contributed by atoms with Gasteiger partial charge in [-0.3, -0.25) is 9.59 Å². The van der Waals surface area contributed by atoms with Gasteiger partial charge < -0.3 is 20.0 Å². The maximum Gasteiger partial charge on any atom is 0.446 e. The summed E-state index contributed by atoms with van der Waals surface area (Å²) in [4.78, 5) is 50.3. The lowest BCUT2D eigenvalue weighted by molar-refractivity contribution is -0.123. The number of anilines is 2. The number of piperazine rings is 1. The summed E-state index contributed by atoms with van der Waals surface area (Å²) in [6.07, 6.45) is 1.86. The predicted molar refractivity (Wildman–Crippen MR) is 147 cm³/mol. The van der Waals surface area contributed by atoms with E-state index in [0.717, 1.165) is 37.6 Å². The molecule has 4 rings (SSSR count). The quantitative estimate of drug-likeness (QED) is 0.349. The first-order valence-electron chi connectivity index (χ1n) is 13.1. The van der Waals surface area contributed by atoms with Crippen molar-refractivity contribution in [3.63, 3.8) is 0 Å². The van der Waals surface area contributed by atoms with E-state index in [0.29, 0.717) is 24.3 Å². The van der Waals surface area contributed by atoms with Crippen molar-refractivity contribution in [3.05, 3.63) is 48.2 Å². The average molecular weight is 579 g/mol. The molecule has 0 bridgehead atoms. The summed E-state index contributed by atoms with van der Waals surface area (Å²) < 4.78 is 38.0. The van der Waals surface area contributed by atoms with Crippen molar-refractivity contribution in [1.82, 2.24) is 19.7 Å². The monoisotopic (exact) mass is 578 g/mol. The predicted octanol–water partition coefficient (Wildman–Crippen LogP) is 4.41. The number of benzene rings is 1. The molecular formula is C27H33F3N6O3S. The highest BCUT2D eigenvalue weighted by atomic mass is 32.2. The molecule has 2 aliphatic heterocycles. The van der Waals surface area contributed by atoms with Crippen LogP contribution in [0.5, 0.6) is 0 Å². The van der Waals surface area contributed by atoms with Gasteiger partial charge in [0.1, 0.15) is 11.4 Å². The minimum absolute atomic E-state index is 0.0445. The summed E-state index contributed by atoms with van der Waals surface area (Å²) >= 11 is -0.267. The number of pyridine rings is 1. The summed E-state index contributed by atoms with van der Waals surface area (Å²) in [6, 6.07) is 7.89. The number of nitrogens with zero attached hydrogens (tertiary/aromatic N) is 5. The van der Waals surface area contributed by atoms with E-state index in [2.05, 4.69) is 27.0 Å². The van der Waals surface area contributed by atoms with Crippen LogP contribution in [-0.4, -0.2) is 87.8 Å². The highest BCUT2D eigenvalue weighted by Gasteiger charge is 2.51. The molecule has 2 aromatic rings. The molecule has 2 fully saturated rings. The number of alkyl halides is 3. The number of hydrogen-bond acceptors (Lipinski definition) is 7. The minimum atomic E-state index is -4.44. The van der Waals surface area contributed by atoms with E-state index >= 15 is 0 Å². The van der Waals surface area contributed by atoms with E-state index in [1.807, 2.05) is 0 Å². The molecule has 0 spiro atoms. The van der Waals surface area contributed by atoms with Gasteiger partial charge in [-0.05, 0) is 74.1 Å². The number of thioether (sulfide) groups is 1. The Morgan fingerprint density at radius 3 is 2.33 bits per heavy atom. The number of imide groups is 1. The van der Waals surface area contributed by atoms with Crippen molar-refractivity contribution in [2.45, 2.75) is 49.7 Å². The molecule has 216 valence electrons. The summed E-state index contributed by atoms with van der Waals surface area (Å²) in [6.45, 7) is 11.0. The lowest BCUT2D eigenvalue weighted by atomic mass is 10.0. The van der Waals surface area contributed by atoms with Gasteiger partial charge in [0.15, 0.2) is 0 Å². The molecule has 40 heavy (non-hydrogen) atoms. The van der Waals surface area contributed by atoms with E-state index in [-0.39, 0.29) is 34.8 Å². The van der Waals surface area contributed by atoms with Crippen LogP contribution in [0.3, 0.4) is 0 Å². The number of aromatic nitrogens is 1. The zero-order valence-corrected chi connectivity index (χ0v) is 23.5. The molecule has 1 aromatic carbocycles. The number of nitrogens with one attached hydrogen (secondary N) is 1. The van der Waals surface area contributed by atoms with Gasteiger partial charge in [-0.2, -0.15) is 13.2 Å². The van der Waals surface area contributed by atoms with E-state index in [4.69, 9.17) is 0 Å². The molecule has 0 aliphatic carbocycles. The molecule has 2 aliphatic rings. The van der Waals surface area contributed by atoms with Gasteiger partial charge in [0, 0.05) is 56.8 Å². The maximum absolute atomic E-state index is 13.3. The summed E-state index contributed by atoms with van der Waals surface area (Å²) in [5.41, 5.74) is -4.79. The largest absolute Gasteiger partial charge is 0.446 e. The fourth-order valence-electron chi connectivity index (χ4n) is 4.74. The van der Waals surface area contributed by atoms with Gasteiger partial charge in [0.2, 0.25) is 5.91 Å². The molecular weight excluding hydrogens is 545 g/mol. The second-order valence-corrected chi connectivity index (χ2v) is 11.4. The van der Waals surface area contributed by atoms with E-state index < -0.39 is 23.0 Å². The van der Waals surface area contributed by atoms with Crippen LogP contribution in [0.4, 0.5) is 29.5 Å². The number of amides is 4. The number of halogens is 3. The van der Waals surface area contributed by atoms with Crippen LogP contribution in [0.25, 0.3) is 0 Å². The average Bonchev–Trinajstić information content (AvgIpc) is 3.07. The Kier molecular flexibility index (Phi) is 9.06. The smallest absolute Gasteiger partial charge is 0.311 e. The van der Waals surface area contributed by atoms with E-state index in [9.17, 15) is 27.6 Å². The van der Waals surface area contributed by atoms with Crippen LogP contribution in [0.1, 0.15) is 32.8 Å². The van der Waals surface area contributed by atoms with E-state index in [1.54, 1.807) is 26.0 Å². The molecule has 4 amide bonds. The number of likely N-dealkylation sites (N-methyl/N-ethyl adjacent to an activating group) is 1. The maximum atomic E-state index is 13.3. The van der Waals surface area contributed by atoms with Crippen LogP contribution in [-0.2, 0) is 16.1 Å². The van der Waals surface area contributed by atoms with Gasteiger partial charge >= 0.3 is 11.5 Å². The van der Waals surface area contributed by atoms with Crippen LogP contribution in [0.15, 0.2) is 47.5 Å². The van der Waals surface area contributed by atoms with Crippen molar-refractivity contribution in [1.29, 1.82) is 0 Å². The van der Waals surface area contributed by atoms with Gasteiger partial charge in [0.25, 0.3) is 5.91 Å². The molecule has 3 heterocycles. The normalized spacial score (nSPS) is 18.4. The second-order valence-electron chi connectivity index (χ2n) is 10.2. The first-order valence-corrected chi connectivity index (χ1v) is 13.9. The zero-order valence-electron chi connectivity index (χ0n) is 22.7. The molecule has 0 atom stereocenters. The Morgan fingerprint density at radius 2 is 1.70 bits per heavy atom. The molecule has 0 radical (unpaired) electrons. The number of urea groups is 1. The first kappa shape index (κ1) is 29.8. The zero-order chi connectivity index (χ0) is 29.1. The molecule has 9 nitrogen and oxygen atoms in total. The number of carbonyl (C=O) groups excluding carboxylic acids is 3. The van der Waals surface area contributed by atoms with Crippen molar-refractivity contribution < 1.29 is 27.6 Å². The van der Waals surface area contributed by atoms with Crippen molar-refractivity contribution in [2.24, 2.45) is 0 Å². The minimum Gasteiger partial charge on any atom is -0.311 e. The molecule has 1 N–H and O–H groups in total. The summed E-state index contributed by atoms with van der Waals surface area (Å²) in [5.74, 6) is -0.298. The highest BCUT2D eigenvalue weighted by molar-refractivity contribution is 8.00. The number of hydrogen-bond donors (Lipinski definition) is 1. The summed E-state index contributed by atoms with van der Waals surface area (Å²) in [7, 11) is 0. The van der Waals surface area contributed by atoms with Crippen molar-refractivity contribution >= 4 is 41.1 Å². The molecule has 2 saturated heterocycles. The van der Waals surface area contributed by atoms with Crippen LogP contribution in [0.2, 0.25) is 0 Å². The lowest BCUT2D eigenvalue weighted by Gasteiger charge is -2.33. The fourth-order valence-corrected chi connectivity index (χ4v) is 5.28. The van der Waals surface area contributed by atoms with Crippen LogP contribution < -0.4 is 10.2 Å². The standard InChI is InChI=1S/C27H33F3N6O3S/c1-4-33-13-15-34(16-14-33)12-10-23(37)32-22-17-19(9-11-31-22)18-35-25(39)36(24(38)26(35,2)3)20-5-7-21(8-6-20)40-27(28,29)30/h5-9,11,17H,4,10,12-16,18H2,1-3H3,(H,31,32,37). The second kappa shape index (κ2) is 12.1. The van der Waals surface area contributed by atoms with Gasteiger partial charge in [-0.1, -0.05) is 6.92 Å².